The predicted molar refractivity (Wildman–Crippen MR) is 431 cm³/mol. The highest BCUT2D eigenvalue weighted by atomic mass is 14.3. The lowest BCUT2D eigenvalue weighted by atomic mass is 9.79. The molecule has 0 aliphatic heterocycles. The molecule has 0 saturated carbocycles. The van der Waals surface area contributed by atoms with Crippen molar-refractivity contribution in [1.29, 1.82) is 0 Å². The maximum absolute atomic E-state index is 2.35. The Labute approximate surface area is 581 Å². The molecule has 0 heteroatoms. The van der Waals surface area contributed by atoms with E-state index >= 15 is 0 Å². The summed E-state index contributed by atoms with van der Waals surface area (Å²) in [4.78, 5) is 0. The number of hydrogen-bond donors (Lipinski definition) is 0. The van der Waals surface area contributed by atoms with Gasteiger partial charge in [-0.1, -0.05) is 376 Å². The van der Waals surface area contributed by atoms with Gasteiger partial charge in [-0.15, -0.1) is 0 Å². The molecule has 0 fully saturated rings. The number of hydrogen-bond acceptors (Lipinski definition) is 0. The maximum Gasteiger partial charge on any atom is -0.00139 e. The maximum atomic E-state index is 2.35. The van der Waals surface area contributed by atoms with Gasteiger partial charge in [-0.2, -0.15) is 0 Å². The number of fused-ring (bicyclic) bond motifs is 10. The monoisotopic (exact) mass is 1260 g/mol. The van der Waals surface area contributed by atoms with Crippen LogP contribution in [0.1, 0.15) is 0 Å². The molecule has 0 N–H and O–H groups in total. The quantitative estimate of drug-likeness (QED) is 0.133. The molecular formula is C100H64. The Hall–Kier alpha value is -13.0. The summed E-state index contributed by atoms with van der Waals surface area (Å²) in [6, 6.07) is 143. The molecule has 20 rings (SSSR count). The third-order valence-electron chi connectivity index (χ3n) is 20.9. The predicted octanol–water partition coefficient (Wildman–Crippen LogP) is 28.2. The molecule has 20 aromatic rings. The first-order valence-corrected chi connectivity index (χ1v) is 34.7. The molecule has 0 atom stereocenters. The Morgan fingerprint density at radius 2 is 0.290 bits per heavy atom. The summed E-state index contributed by atoms with van der Waals surface area (Å²) in [6.45, 7) is 0. The lowest BCUT2D eigenvalue weighted by molar-refractivity contribution is 1.60. The van der Waals surface area contributed by atoms with Crippen LogP contribution in [-0.2, 0) is 0 Å². The smallest absolute Gasteiger partial charge is 0.00139 e. The molecule has 0 aliphatic rings. The third kappa shape index (κ3) is 9.67. The highest BCUT2D eigenvalue weighted by Crippen LogP contribution is 2.54. The lowest BCUT2D eigenvalue weighted by Gasteiger charge is -2.23. The second kappa shape index (κ2) is 24.6. The van der Waals surface area contributed by atoms with Gasteiger partial charge in [-0.05, 0) is 209 Å². The molecule has 0 saturated heterocycles. The minimum atomic E-state index is 1.22. The first-order valence-electron chi connectivity index (χ1n) is 34.7. The van der Waals surface area contributed by atoms with E-state index in [1.165, 1.54) is 197 Å². The van der Waals surface area contributed by atoms with Gasteiger partial charge >= 0.3 is 0 Å². The van der Waals surface area contributed by atoms with Crippen LogP contribution in [0.15, 0.2) is 388 Å². The summed E-state index contributed by atoms with van der Waals surface area (Å²) in [5, 5.41) is 25.3. The van der Waals surface area contributed by atoms with E-state index in [9.17, 15) is 0 Å². The van der Waals surface area contributed by atoms with Crippen LogP contribution in [0.5, 0.6) is 0 Å². The minimum absolute atomic E-state index is 1.22. The third-order valence-corrected chi connectivity index (χ3v) is 20.9. The van der Waals surface area contributed by atoms with Crippen molar-refractivity contribution in [2.45, 2.75) is 0 Å². The first-order chi connectivity index (χ1) is 49.7. The van der Waals surface area contributed by atoms with E-state index in [0.717, 1.165) is 0 Å². The van der Waals surface area contributed by atoms with Crippen LogP contribution in [0.2, 0.25) is 0 Å². The summed E-state index contributed by atoms with van der Waals surface area (Å²) in [5.74, 6) is 0. The van der Waals surface area contributed by atoms with Crippen LogP contribution in [0.4, 0.5) is 0 Å². The largest absolute Gasteiger partial charge is 0.0622 e. The summed E-state index contributed by atoms with van der Waals surface area (Å²) >= 11 is 0. The molecule has 100 heavy (non-hydrogen) atoms. The second-order valence-corrected chi connectivity index (χ2v) is 26.3. The molecule has 464 valence electrons. The summed E-state index contributed by atoms with van der Waals surface area (Å²) in [5.41, 5.74) is 20.2. The van der Waals surface area contributed by atoms with Gasteiger partial charge in [0.25, 0.3) is 0 Å². The van der Waals surface area contributed by atoms with Crippen LogP contribution >= 0.6 is 0 Å². The topological polar surface area (TPSA) is 0 Å². The highest BCUT2D eigenvalue weighted by molar-refractivity contribution is 6.33. The van der Waals surface area contributed by atoms with Gasteiger partial charge in [0.15, 0.2) is 0 Å². The second-order valence-electron chi connectivity index (χ2n) is 26.3. The Bertz CT molecular complexity index is 6000. The Balaban J connectivity index is 0.000000140. The molecule has 0 nitrogen and oxygen atoms in total. The van der Waals surface area contributed by atoms with E-state index in [1.807, 2.05) is 0 Å². The Kier molecular flexibility index (Phi) is 14.3. The molecule has 0 bridgehead atoms. The fraction of sp³-hybridized carbons (Fsp3) is 0. The lowest BCUT2D eigenvalue weighted by Crippen LogP contribution is -1.96. The Morgan fingerprint density at radius 3 is 0.550 bits per heavy atom. The van der Waals surface area contributed by atoms with Crippen molar-refractivity contribution in [3.63, 3.8) is 0 Å². The van der Waals surface area contributed by atoms with E-state index in [2.05, 4.69) is 388 Å². The SMILES string of the molecule is c1ccc(-c2ccccc2-c2c3ccccc3c(-c3c4ccccc4c(-c4ccccc4-c4ccccc4)c4ccccc34)c3ccccc23)cc1.c1ccc2cc(-c3c4ccccc4c(-c4c5ccccc5c(-c5ccc6ccccc6c5)c5ccccc45)c4ccccc34)ccc2c1. The molecular weight excluding hydrogens is 1200 g/mol. The van der Waals surface area contributed by atoms with E-state index in [1.54, 1.807) is 0 Å². The van der Waals surface area contributed by atoms with E-state index in [0.29, 0.717) is 0 Å². The molecule has 0 heterocycles. The van der Waals surface area contributed by atoms with Gasteiger partial charge in [0, 0.05) is 0 Å². The normalized spacial score (nSPS) is 11.6. The average molecular weight is 1270 g/mol. The molecule has 0 aliphatic carbocycles. The van der Waals surface area contributed by atoms with E-state index in [4.69, 9.17) is 0 Å². The zero-order chi connectivity index (χ0) is 66.0. The van der Waals surface area contributed by atoms with Gasteiger partial charge in [0.1, 0.15) is 0 Å². The van der Waals surface area contributed by atoms with E-state index < -0.39 is 0 Å². The highest BCUT2D eigenvalue weighted by Gasteiger charge is 2.26. The van der Waals surface area contributed by atoms with Crippen molar-refractivity contribution in [1.82, 2.24) is 0 Å². The molecule has 20 aromatic carbocycles. The van der Waals surface area contributed by atoms with Crippen molar-refractivity contribution in [2.24, 2.45) is 0 Å². The number of benzene rings is 20. The molecule has 0 spiro atoms. The van der Waals surface area contributed by atoms with Crippen molar-refractivity contribution in [3.05, 3.63) is 388 Å². The van der Waals surface area contributed by atoms with Crippen LogP contribution in [0.25, 0.3) is 197 Å². The molecule has 0 amide bonds. The number of rotatable bonds is 8. The van der Waals surface area contributed by atoms with Crippen molar-refractivity contribution in [2.75, 3.05) is 0 Å². The van der Waals surface area contributed by atoms with Gasteiger partial charge < -0.3 is 0 Å². The van der Waals surface area contributed by atoms with E-state index in [-0.39, 0.29) is 0 Å². The van der Waals surface area contributed by atoms with Gasteiger partial charge in [-0.25, -0.2) is 0 Å². The van der Waals surface area contributed by atoms with Gasteiger partial charge in [-0.3, -0.25) is 0 Å². The van der Waals surface area contributed by atoms with Crippen LogP contribution in [0, 0.1) is 0 Å². The summed E-state index contributed by atoms with van der Waals surface area (Å²) in [7, 11) is 0. The van der Waals surface area contributed by atoms with Crippen molar-refractivity contribution in [3.8, 4) is 89.0 Å². The molecule has 0 radical (unpaired) electrons. The van der Waals surface area contributed by atoms with Crippen molar-refractivity contribution >= 4 is 108 Å². The zero-order valence-electron chi connectivity index (χ0n) is 55.0. The van der Waals surface area contributed by atoms with Crippen molar-refractivity contribution < 1.29 is 0 Å². The average Bonchev–Trinajstić information content (AvgIpc) is 0.715. The van der Waals surface area contributed by atoms with Crippen LogP contribution in [-0.4, -0.2) is 0 Å². The Morgan fingerprint density at radius 1 is 0.100 bits per heavy atom. The van der Waals surface area contributed by atoms with Crippen LogP contribution < -0.4 is 0 Å². The minimum Gasteiger partial charge on any atom is -0.0622 e. The molecule has 0 aromatic heterocycles. The van der Waals surface area contributed by atoms with Gasteiger partial charge in [0.2, 0.25) is 0 Å². The standard InChI is InChI=1S/C52H34.C48H30/c1-3-19-35(20-4-1)37-23-7-9-25-39(37)49-41-27-11-15-31-45(41)51(46-32-16-12-28-42(46)49)52-47-33-17-13-29-43(47)50(44-30-14-18-34-48(44)52)40-26-10-8-24-38(40)36-21-5-2-6-22-36;1-3-15-33-29-35(27-25-31(33)13-1)45-37-17-5-9-21-41(37)47(42-22-10-6-18-38(42)45)48-43-23-11-7-19-39(43)46(40-20-8-12-24-44(40)48)36-28-26-32-14-2-4-16-34(32)30-36/h1-34H;1-30H. The fourth-order valence-electron chi connectivity index (χ4n) is 16.6. The van der Waals surface area contributed by atoms with Gasteiger partial charge in [0.05, 0.1) is 0 Å². The molecule has 0 unspecified atom stereocenters. The summed E-state index contributed by atoms with van der Waals surface area (Å²) < 4.78 is 0. The zero-order valence-corrected chi connectivity index (χ0v) is 55.0. The summed E-state index contributed by atoms with van der Waals surface area (Å²) in [6.07, 6.45) is 0. The van der Waals surface area contributed by atoms with Crippen LogP contribution in [0.3, 0.4) is 0 Å². The fourth-order valence-corrected chi connectivity index (χ4v) is 16.6. The first kappa shape index (κ1) is 58.4.